The van der Waals surface area contributed by atoms with E-state index >= 15 is 0 Å². The highest BCUT2D eigenvalue weighted by atomic mass is 35.5. The molecule has 1 N–H and O–H groups in total. The summed E-state index contributed by atoms with van der Waals surface area (Å²) >= 11 is 5.96. The van der Waals surface area contributed by atoms with Crippen LogP contribution in [0.2, 0.25) is 5.02 Å². The minimum atomic E-state index is -0.323. The molecular weight excluding hydrogens is 342 g/mol. The van der Waals surface area contributed by atoms with Gasteiger partial charge in [0.05, 0.1) is 6.61 Å². The summed E-state index contributed by atoms with van der Waals surface area (Å²) in [5.74, 6) is 0.986. The predicted molar refractivity (Wildman–Crippen MR) is 97.3 cm³/mol. The van der Waals surface area contributed by atoms with Crippen LogP contribution < -0.4 is 10.1 Å². The van der Waals surface area contributed by atoms with Gasteiger partial charge in [-0.1, -0.05) is 11.6 Å². The molecule has 1 aromatic rings. The molecule has 138 valence electrons. The number of aryl methyl sites for hydroxylation is 1. The second-order valence-corrected chi connectivity index (χ2v) is 6.93. The number of piperazine rings is 1. The average molecular weight is 368 g/mol. The largest absolute Gasteiger partial charge is 0.492 e. The highest BCUT2D eigenvalue weighted by Gasteiger charge is 2.29. The Labute approximate surface area is 154 Å². The Hall–Kier alpha value is -1.34. The number of hydrogen-bond acceptors (Lipinski definition) is 5. The molecule has 2 aliphatic rings. The lowest BCUT2D eigenvalue weighted by Crippen LogP contribution is -2.55. The van der Waals surface area contributed by atoms with Crippen molar-refractivity contribution in [2.45, 2.75) is 13.0 Å². The van der Waals surface area contributed by atoms with Crippen LogP contribution in [0.15, 0.2) is 18.2 Å². The highest BCUT2D eigenvalue weighted by molar-refractivity contribution is 6.30. The van der Waals surface area contributed by atoms with Crippen LogP contribution in [0.1, 0.15) is 5.56 Å². The van der Waals surface area contributed by atoms with E-state index in [-0.39, 0.29) is 12.0 Å². The lowest BCUT2D eigenvalue weighted by molar-refractivity contribution is -0.147. The van der Waals surface area contributed by atoms with Crippen LogP contribution in [0.25, 0.3) is 0 Å². The van der Waals surface area contributed by atoms with Gasteiger partial charge in [0, 0.05) is 50.8 Å². The Morgan fingerprint density at radius 3 is 2.84 bits per heavy atom. The first-order valence-corrected chi connectivity index (χ1v) is 9.24. The van der Waals surface area contributed by atoms with Gasteiger partial charge in [-0.05, 0) is 30.7 Å². The molecule has 2 aliphatic heterocycles. The number of nitrogens with one attached hydrogen (secondary N) is 1. The lowest BCUT2D eigenvalue weighted by atomic mass is 10.2. The summed E-state index contributed by atoms with van der Waals surface area (Å²) < 4.78 is 11.4. The molecule has 0 bridgehead atoms. The summed E-state index contributed by atoms with van der Waals surface area (Å²) in [6, 6.07) is 5.66. The van der Waals surface area contributed by atoms with Crippen LogP contribution in [-0.2, 0) is 9.53 Å². The molecule has 2 heterocycles. The maximum Gasteiger partial charge on any atom is 0.253 e. The van der Waals surface area contributed by atoms with Gasteiger partial charge in [-0.25, -0.2) is 0 Å². The number of carbonyl (C=O) groups excluding carboxylic acids is 1. The molecule has 2 saturated heterocycles. The van der Waals surface area contributed by atoms with Gasteiger partial charge in [-0.15, -0.1) is 0 Å². The monoisotopic (exact) mass is 367 g/mol. The number of morpholine rings is 1. The number of carbonyl (C=O) groups is 1. The number of ether oxygens (including phenoxy) is 2. The summed E-state index contributed by atoms with van der Waals surface area (Å²) in [5, 5.41) is 3.93. The van der Waals surface area contributed by atoms with Crippen LogP contribution in [0, 0.1) is 6.92 Å². The molecule has 1 amide bonds. The van der Waals surface area contributed by atoms with Crippen molar-refractivity contribution in [3.05, 3.63) is 28.8 Å². The Balaban J connectivity index is 1.38. The van der Waals surface area contributed by atoms with E-state index in [4.69, 9.17) is 21.1 Å². The number of hydrogen-bond donors (Lipinski definition) is 1. The van der Waals surface area contributed by atoms with Crippen LogP contribution in [0.3, 0.4) is 0 Å². The van der Waals surface area contributed by atoms with E-state index in [0.29, 0.717) is 19.8 Å². The van der Waals surface area contributed by atoms with Crippen molar-refractivity contribution in [3.63, 3.8) is 0 Å². The van der Waals surface area contributed by atoms with E-state index in [1.165, 1.54) is 0 Å². The van der Waals surface area contributed by atoms with E-state index < -0.39 is 0 Å². The molecule has 1 aromatic carbocycles. The zero-order chi connectivity index (χ0) is 17.6. The van der Waals surface area contributed by atoms with E-state index in [9.17, 15) is 4.79 Å². The molecule has 7 heteroatoms. The smallest absolute Gasteiger partial charge is 0.253 e. The van der Waals surface area contributed by atoms with Gasteiger partial charge in [0.25, 0.3) is 5.91 Å². The molecule has 2 fully saturated rings. The molecule has 25 heavy (non-hydrogen) atoms. The third kappa shape index (κ3) is 5.07. The average Bonchev–Trinajstić information content (AvgIpc) is 2.64. The number of nitrogens with zero attached hydrogens (tertiary/aromatic N) is 2. The summed E-state index contributed by atoms with van der Waals surface area (Å²) in [5.41, 5.74) is 1.05. The molecule has 0 spiro atoms. The van der Waals surface area contributed by atoms with Crippen molar-refractivity contribution >= 4 is 17.5 Å². The Bertz CT molecular complexity index is 585. The lowest BCUT2D eigenvalue weighted by Gasteiger charge is -2.37. The Morgan fingerprint density at radius 1 is 1.36 bits per heavy atom. The number of halogens is 1. The van der Waals surface area contributed by atoms with Gasteiger partial charge in [0.2, 0.25) is 0 Å². The van der Waals surface area contributed by atoms with Crippen molar-refractivity contribution in [3.8, 4) is 5.75 Å². The second-order valence-electron chi connectivity index (χ2n) is 6.49. The Kier molecular flexibility index (Phi) is 6.53. The van der Waals surface area contributed by atoms with Crippen molar-refractivity contribution in [1.82, 2.24) is 15.1 Å². The molecule has 6 nitrogen and oxygen atoms in total. The summed E-state index contributed by atoms with van der Waals surface area (Å²) in [7, 11) is 0. The predicted octanol–water partition coefficient (Wildman–Crippen LogP) is 1.16. The SMILES string of the molecule is Cc1cc(Cl)ccc1OCCN1CCN(C(=O)C2CNCCO2)CC1. The van der Waals surface area contributed by atoms with Crippen LogP contribution in [0.4, 0.5) is 0 Å². The van der Waals surface area contributed by atoms with Gasteiger partial charge in [0.1, 0.15) is 18.5 Å². The maximum atomic E-state index is 12.4. The molecule has 3 rings (SSSR count). The van der Waals surface area contributed by atoms with Crippen molar-refractivity contribution in [2.75, 3.05) is 59.0 Å². The molecule has 0 aromatic heterocycles. The molecular formula is C18H26ClN3O3. The van der Waals surface area contributed by atoms with E-state index in [0.717, 1.165) is 55.6 Å². The normalized spacial score (nSPS) is 22.0. The molecule has 1 atom stereocenters. The van der Waals surface area contributed by atoms with E-state index in [2.05, 4.69) is 10.2 Å². The minimum Gasteiger partial charge on any atom is -0.492 e. The van der Waals surface area contributed by atoms with Gasteiger partial charge in [-0.3, -0.25) is 9.69 Å². The van der Waals surface area contributed by atoms with Crippen LogP contribution >= 0.6 is 11.6 Å². The summed E-state index contributed by atoms with van der Waals surface area (Å²) in [6.45, 7) is 8.77. The molecule has 0 radical (unpaired) electrons. The standard InChI is InChI=1S/C18H26ClN3O3/c1-14-12-15(19)2-3-16(14)25-11-9-21-5-7-22(8-6-21)18(23)17-13-20-4-10-24-17/h2-3,12,17,20H,4-11,13H2,1H3. The topological polar surface area (TPSA) is 54.0 Å². The fourth-order valence-electron chi connectivity index (χ4n) is 3.18. The van der Waals surface area contributed by atoms with Gasteiger partial charge in [0.15, 0.2) is 0 Å². The number of amides is 1. The highest BCUT2D eigenvalue weighted by Crippen LogP contribution is 2.21. The fraction of sp³-hybridized carbons (Fsp3) is 0.611. The maximum absolute atomic E-state index is 12.4. The first kappa shape index (κ1) is 18.5. The zero-order valence-corrected chi connectivity index (χ0v) is 15.4. The van der Waals surface area contributed by atoms with Crippen LogP contribution in [-0.4, -0.2) is 80.8 Å². The number of benzene rings is 1. The molecule has 0 aliphatic carbocycles. The summed E-state index contributed by atoms with van der Waals surface area (Å²) in [4.78, 5) is 16.7. The summed E-state index contributed by atoms with van der Waals surface area (Å²) in [6.07, 6.45) is -0.323. The van der Waals surface area contributed by atoms with Crippen molar-refractivity contribution in [1.29, 1.82) is 0 Å². The van der Waals surface area contributed by atoms with Crippen molar-refractivity contribution < 1.29 is 14.3 Å². The van der Waals surface area contributed by atoms with E-state index in [1.54, 1.807) is 0 Å². The molecule has 1 unspecified atom stereocenters. The fourth-order valence-corrected chi connectivity index (χ4v) is 3.41. The first-order chi connectivity index (χ1) is 12.1. The van der Waals surface area contributed by atoms with Gasteiger partial charge >= 0.3 is 0 Å². The second kappa shape index (κ2) is 8.85. The Morgan fingerprint density at radius 2 is 2.16 bits per heavy atom. The van der Waals surface area contributed by atoms with Gasteiger partial charge in [-0.2, -0.15) is 0 Å². The number of rotatable bonds is 5. The third-order valence-electron chi connectivity index (χ3n) is 4.69. The minimum absolute atomic E-state index is 0.111. The van der Waals surface area contributed by atoms with Crippen LogP contribution in [0.5, 0.6) is 5.75 Å². The van der Waals surface area contributed by atoms with Gasteiger partial charge < -0.3 is 19.7 Å². The van der Waals surface area contributed by atoms with Crippen molar-refractivity contribution in [2.24, 2.45) is 0 Å². The zero-order valence-electron chi connectivity index (χ0n) is 14.7. The molecule has 0 saturated carbocycles. The third-order valence-corrected chi connectivity index (χ3v) is 4.92. The van der Waals surface area contributed by atoms with E-state index in [1.807, 2.05) is 30.0 Å². The first-order valence-electron chi connectivity index (χ1n) is 8.86. The quantitative estimate of drug-likeness (QED) is 0.846.